The lowest BCUT2D eigenvalue weighted by atomic mass is 10.1. The van der Waals surface area contributed by atoms with Gasteiger partial charge in [-0.1, -0.05) is 30.3 Å². The van der Waals surface area contributed by atoms with Crippen molar-refractivity contribution >= 4 is 0 Å². The van der Waals surface area contributed by atoms with Gasteiger partial charge in [-0.25, -0.2) is 0 Å². The summed E-state index contributed by atoms with van der Waals surface area (Å²) in [6, 6.07) is 10.2. The van der Waals surface area contributed by atoms with Gasteiger partial charge in [-0.15, -0.1) is 10.2 Å². The minimum atomic E-state index is 0.0272. The van der Waals surface area contributed by atoms with Gasteiger partial charge in [0.15, 0.2) is 0 Å². The first-order valence-electron chi connectivity index (χ1n) is 6.43. The molecular weight excluding hydrogens is 240 g/mol. The zero-order valence-electron chi connectivity index (χ0n) is 11.4. The van der Waals surface area contributed by atoms with Crippen LogP contribution in [-0.2, 0) is 20.0 Å². The summed E-state index contributed by atoms with van der Waals surface area (Å²) in [5.74, 6) is 1.77. The van der Waals surface area contributed by atoms with Crippen LogP contribution >= 0.6 is 0 Å². The first kappa shape index (κ1) is 13.7. The van der Waals surface area contributed by atoms with Crippen molar-refractivity contribution in [3.8, 4) is 0 Å². The van der Waals surface area contributed by atoms with Crippen molar-refractivity contribution in [2.24, 2.45) is 7.05 Å². The van der Waals surface area contributed by atoms with E-state index in [1.165, 1.54) is 5.56 Å². The predicted octanol–water partition coefficient (Wildman–Crippen LogP) is 0.817. The molecule has 19 heavy (non-hydrogen) atoms. The maximum absolute atomic E-state index is 9.43. The average molecular weight is 260 g/mol. The molecule has 0 amide bonds. The lowest BCUT2D eigenvalue weighted by molar-refractivity contribution is 0.239. The van der Waals surface area contributed by atoms with E-state index in [9.17, 15) is 5.11 Å². The number of rotatable bonds is 6. The molecule has 102 valence electrons. The summed E-state index contributed by atoms with van der Waals surface area (Å²) >= 11 is 0. The van der Waals surface area contributed by atoms with Crippen LogP contribution in [0, 0.1) is 6.92 Å². The molecule has 0 aliphatic heterocycles. The van der Waals surface area contributed by atoms with Gasteiger partial charge in [-0.3, -0.25) is 0 Å². The summed E-state index contributed by atoms with van der Waals surface area (Å²) in [6.07, 6.45) is 0.800. The van der Waals surface area contributed by atoms with Crippen LogP contribution in [0.4, 0.5) is 0 Å². The molecule has 2 aromatic rings. The van der Waals surface area contributed by atoms with Crippen LogP contribution in [0.15, 0.2) is 30.3 Å². The van der Waals surface area contributed by atoms with Crippen molar-refractivity contribution in [1.29, 1.82) is 0 Å². The van der Waals surface area contributed by atoms with Crippen molar-refractivity contribution in [2.45, 2.75) is 25.9 Å². The van der Waals surface area contributed by atoms with Crippen molar-refractivity contribution < 1.29 is 5.11 Å². The number of nitrogens with one attached hydrogen (secondary N) is 1. The minimum Gasteiger partial charge on any atom is -0.395 e. The largest absolute Gasteiger partial charge is 0.395 e. The summed E-state index contributed by atoms with van der Waals surface area (Å²) in [5.41, 5.74) is 1.21. The maximum Gasteiger partial charge on any atom is 0.146 e. The lowest BCUT2D eigenvalue weighted by Crippen LogP contribution is -2.34. The van der Waals surface area contributed by atoms with Crippen molar-refractivity contribution in [2.75, 3.05) is 6.61 Å². The molecule has 1 aromatic heterocycles. The van der Waals surface area contributed by atoms with Gasteiger partial charge in [-0.2, -0.15) is 0 Å². The number of aryl methyl sites for hydroxylation is 1. The predicted molar refractivity (Wildman–Crippen MR) is 73.6 cm³/mol. The van der Waals surface area contributed by atoms with Crippen LogP contribution in [0.3, 0.4) is 0 Å². The fourth-order valence-corrected chi connectivity index (χ4v) is 1.94. The molecule has 2 rings (SSSR count). The molecule has 0 radical (unpaired) electrons. The Morgan fingerprint density at radius 1 is 1.26 bits per heavy atom. The second-order valence-electron chi connectivity index (χ2n) is 4.67. The molecule has 0 saturated heterocycles. The number of benzene rings is 1. The normalized spacial score (nSPS) is 12.6. The first-order valence-corrected chi connectivity index (χ1v) is 6.43. The average Bonchev–Trinajstić information content (AvgIpc) is 2.76. The Balaban J connectivity index is 1.91. The van der Waals surface area contributed by atoms with Crippen LogP contribution < -0.4 is 5.32 Å². The second kappa shape index (κ2) is 6.45. The molecule has 1 atom stereocenters. The lowest BCUT2D eigenvalue weighted by Gasteiger charge is -2.16. The first-order chi connectivity index (χ1) is 9.20. The smallest absolute Gasteiger partial charge is 0.146 e. The van der Waals surface area contributed by atoms with E-state index in [-0.39, 0.29) is 12.6 Å². The van der Waals surface area contributed by atoms with E-state index in [2.05, 4.69) is 27.6 Å². The van der Waals surface area contributed by atoms with E-state index in [1.54, 1.807) is 0 Å². The SMILES string of the molecule is Cc1nnc(CNC(CO)Cc2ccccc2)n1C. The third kappa shape index (κ3) is 3.62. The van der Waals surface area contributed by atoms with Gasteiger partial charge < -0.3 is 15.0 Å². The molecule has 5 nitrogen and oxygen atoms in total. The summed E-state index contributed by atoms with van der Waals surface area (Å²) in [4.78, 5) is 0. The standard InChI is InChI=1S/C14H20N4O/c1-11-16-17-14(18(11)2)9-15-13(10-19)8-12-6-4-3-5-7-12/h3-7,13,15,19H,8-10H2,1-2H3. The number of nitrogens with zero attached hydrogens (tertiary/aromatic N) is 3. The number of aliphatic hydroxyl groups excluding tert-OH is 1. The fourth-order valence-electron chi connectivity index (χ4n) is 1.94. The molecule has 0 bridgehead atoms. The number of hydrogen-bond donors (Lipinski definition) is 2. The van der Waals surface area contributed by atoms with Gasteiger partial charge in [0, 0.05) is 13.1 Å². The molecule has 2 N–H and O–H groups in total. The van der Waals surface area contributed by atoms with E-state index in [1.807, 2.05) is 36.7 Å². The molecule has 0 aliphatic carbocycles. The highest BCUT2D eigenvalue weighted by atomic mass is 16.3. The Morgan fingerprint density at radius 2 is 2.00 bits per heavy atom. The third-order valence-electron chi connectivity index (χ3n) is 3.28. The molecule has 1 aromatic carbocycles. The van der Waals surface area contributed by atoms with Crippen LogP contribution in [-0.4, -0.2) is 32.5 Å². The summed E-state index contributed by atoms with van der Waals surface area (Å²) in [7, 11) is 1.94. The van der Waals surface area contributed by atoms with Crippen LogP contribution in [0.5, 0.6) is 0 Å². The topological polar surface area (TPSA) is 63.0 Å². The zero-order valence-corrected chi connectivity index (χ0v) is 11.4. The maximum atomic E-state index is 9.43. The Kier molecular flexibility index (Phi) is 4.65. The van der Waals surface area contributed by atoms with E-state index in [0.29, 0.717) is 6.54 Å². The summed E-state index contributed by atoms with van der Waals surface area (Å²) < 4.78 is 1.95. The van der Waals surface area contributed by atoms with Gasteiger partial charge in [0.2, 0.25) is 0 Å². The van der Waals surface area contributed by atoms with Gasteiger partial charge in [0.1, 0.15) is 11.6 Å². The Labute approximate surface area is 113 Å². The quantitative estimate of drug-likeness (QED) is 0.807. The van der Waals surface area contributed by atoms with Gasteiger partial charge in [0.25, 0.3) is 0 Å². The zero-order chi connectivity index (χ0) is 13.7. The van der Waals surface area contributed by atoms with Crippen LogP contribution in [0.2, 0.25) is 0 Å². The van der Waals surface area contributed by atoms with Crippen LogP contribution in [0.1, 0.15) is 17.2 Å². The summed E-state index contributed by atoms with van der Waals surface area (Å²) in [5, 5.41) is 20.9. The highest BCUT2D eigenvalue weighted by Crippen LogP contribution is 2.04. The van der Waals surface area contributed by atoms with Crippen LogP contribution in [0.25, 0.3) is 0 Å². The van der Waals surface area contributed by atoms with Crippen molar-refractivity contribution in [1.82, 2.24) is 20.1 Å². The molecule has 1 unspecified atom stereocenters. The molecule has 0 aliphatic rings. The fraction of sp³-hybridized carbons (Fsp3) is 0.429. The molecule has 0 saturated carbocycles. The second-order valence-corrected chi connectivity index (χ2v) is 4.67. The molecule has 0 fully saturated rings. The van der Waals surface area contributed by atoms with Gasteiger partial charge in [-0.05, 0) is 18.9 Å². The van der Waals surface area contributed by atoms with E-state index in [0.717, 1.165) is 18.1 Å². The Hall–Kier alpha value is -1.72. The van der Waals surface area contributed by atoms with E-state index < -0.39 is 0 Å². The number of hydrogen-bond acceptors (Lipinski definition) is 4. The van der Waals surface area contributed by atoms with E-state index >= 15 is 0 Å². The minimum absolute atomic E-state index is 0.0272. The number of aromatic nitrogens is 3. The third-order valence-corrected chi connectivity index (χ3v) is 3.28. The molecule has 0 spiro atoms. The van der Waals surface area contributed by atoms with E-state index in [4.69, 9.17) is 0 Å². The highest BCUT2D eigenvalue weighted by Gasteiger charge is 2.10. The Bertz CT molecular complexity index is 509. The van der Waals surface area contributed by atoms with Crippen molar-refractivity contribution in [3.05, 3.63) is 47.5 Å². The molecule has 5 heteroatoms. The van der Waals surface area contributed by atoms with Gasteiger partial charge >= 0.3 is 0 Å². The molecular formula is C14H20N4O. The monoisotopic (exact) mass is 260 g/mol. The molecule has 1 heterocycles. The Morgan fingerprint density at radius 3 is 2.58 bits per heavy atom. The van der Waals surface area contributed by atoms with Gasteiger partial charge in [0.05, 0.1) is 13.2 Å². The number of aliphatic hydroxyl groups is 1. The van der Waals surface area contributed by atoms with Crippen molar-refractivity contribution in [3.63, 3.8) is 0 Å². The highest BCUT2D eigenvalue weighted by molar-refractivity contribution is 5.15. The summed E-state index contributed by atoms with van der Waals surface area (Å²) in [6.45, 7) is 2.63.